The van der Waals surface area contributed by atoms with Gasteiger partial charge in [-0.2, -0.15) is 0 Å². The minimum Gasteiger partial charge on any atom is -0.490 e. The molecule has 6 heteroatoms. The van der Waals surface area contributed by atoms with E-state index in [1.54, 1.807) is 6.20 Å². The fraction of sp³-hybridized carbons (Fsp3) is 0.333. The lowest BCUT2D eigenvalue weighted by molar-refractivity contribution is 0.102. The third-order valence-electron chi connectivity index (χ3n) is 5.01. The van der Waals surface area contributed by atoms with Crippen molar-refractivity contribution in [2.24, 2.45) is 0 Å². The number of likely N-dealkylation sites (tertiary alicyclic amines) is 1. The Balaban J connectivity index is 1.40. The SMILES string of the molecule is Cc1cccc2nc(C(=O)Nc3ccc(OC4CCN(C)CC4)cc3)cn12. The normalized spacial score (nSPS) is 15.8. The molecule has 0 spiro atoms. The molecule has 0 radical (unpaired) electrons. The summed E-state index contributed by atoms with van der Waals surface area (Å²) >= 11 is 0. The molecule has 1 fully saturated rings. The maximum atomic E-state index is 12.5. The highest BCUT2D eigenvalue weighted by molar-refractivity contribution is 6.03. The Morgan fingerprint density at radius 1 is 1.15 bits per heavy atom. The number of pyridine rings is 1. The number of anilines is 1. The van der Waals surface area contributed by atoms with Gasteiger partial charge in [0.25, 0.3) is 5.91 Å². The molecule has 140 valence electrons. The van der Waals surface area contributed by atoms with Crippen molar-refractivity contribution in [1.29, 1.82) is 0 Å². The molecule has 27 heavy (non-hydrogen) atoms. The molecule has 1 aromatic carbocycles. The average Bonchev–Trinajstić information content (AvgIpc) is 3.11. The van der Waals surface area contributed by atoms with Crippen LogP contribution in [0.2, 0.25) is 0 Å². The molecule has 0 bridgehead atoms. The van der Waals surface area contributed by atoms with E-state index >= 15 is 0 Å². The van der Waals surface area contributed by atoms with Crippen LogP contribution in [0.25, 0.3) is 5.65 Å². The van der Waals surface area contributed by atoms with Crippen molar-refractivity contribution < 1.29 is 9.53 Å². The number of nitrogens with zero attached hydrogens (tertiary/aromatic N) is 3. The molecular formula is C21H24N4O2. The van der Waals surface area contributed by atoms with Crippen molar-refractivity contribution in [3.63, 3.8) is 0 Å². The van der Waals surface area contributed by atoms with Crippen molar-refractivity contribution in [3.8, 4) is 5.75 Å². The van der Waals surface area contributed by atoms with Gasteiger partial charge in [-0.05, 0) is 63.2 Å². The van der Waals surface area contributed by atoms with Crippen LogP contribution < -0.4 is 10.1 Å². The van der Waals surface area contributed by atoms with Crippen LogP contribution in [0.4, 0.5) is 5.69 Å². The van der Waals surface area contributed by atoms with Crippen molar-refractivity contribution in [2.45, 2.75) is 25.9 Å². The van der Waals surface area contributed by atoms with Gasteiger partial charge in [-0.25, -0.2) is 4.98 Å². The third kappa shape index (κ3) is 3.95. The van der Waals surface area contributed by atoms with Gasteiger partial charge in [0, 0.05) is 30.7 Å². The lowest BCUT2D eigenvalue weighted by atomic mass is 10.1. The minimum atomic E-state index is -0.220. The van der Waals surface area contributed by atoms with Gasteiger partial charge in [-0.15, -0.1) is 0 Å². The standard InChI is InChI=1S/C21H24N4O2/c1-15-4-3-5-20-23-19(14-25(15)20)21(26)22-16-6-8-17(9-7-16)27-18-10-12-24(2)13-11-18/h3-9,14,18H,10-13H2,1-2H3,(H,22,26). The highest BCUT2D eigenvalue weighted by Crippen LogP contribution is 2.21. The van der Waals surface area contributed by atoms with Crippen molar-refractivity contribution in [1.82, 2.24) is 14.3 Å². The number of piperidine rings is 1. The predicted octanol–water partition coefficient (Wildman–Crippen LogP) is 3.37. The Labute approximate surface area is 158 Å². The first kappa shape index (κ1) is 17.5. The number of nitrogens with one attached hydrogen (secondary N) is 1. The van der Waals surface area contributed by atoms with Crippen molar-refractivity contribution in [3.05, 3.63) is 60.0 Å². The van der Waals surface area contributed by atoms with Gasteiger partial charge in [-0.3, -0.25) is 4.79 Å². The number of aromatic nitrogens is 2. The summed E-state index contributed by atoms with van der Waals surface area (Å²) in [7, 11) is 2.14. The Morgan fingerprint density at radius 2 is 1.89 bits per heavy atom. The van der Waals surface area contributed by atoms with E-state index in [0.717, 1.165) is 48.7 Å². The molecule has 0 saturated carbocycles. The Morgan fingerprint density at radius 3 is 2.59 bits per heavy atom. The molecule has 1 N–H and O–H groups in total. The Bertz CT molecular complexity index is 940. The summed E-state index contributed by atoms with van der Waals surface area (Å²) in [6.45, 7) is 4.12. The first-order chi connectivity index (χ1) is 13.1. The second-order valence-electron chi connectivity index (χ2n) is 7.12. The van der Waals surface area contributed by atoms with Crippen LogP contribution in [0.5, 0.6) is 5.75 Å². The molecule has 1 aliphatic heterocycles. The monoisotopic (exact) mass is 364 g/mol. The van der Waals surface area contributed by atoms with Crippen LogP contribution in [0.15, 0.2) is 48.7 Å². The van der Waals surface area contributed by atoms with Gasteiger partial charge in [-0.1, -0.05) is 6.07 Å². The first-order valence-corrected chi connectivity index (χ1v) is 9.30. The van der Waals surface area contributed by atoms with Gasteiger partial charge in [0.2, 0.25) is 0 Å². The highest BCUT2D eigenvalue weighted by atomic mass is 16.5. The number of amides is 1. The smallest absolute Gasteiger partial charge is 0.275 e. The molecule has 4 rings (SSSR count). The summed E-state index contributed by atoms with van der Waals surface area (Å²) in [6, 6.07) is 13.3. The number of hydrogen-bond acceptors (Lipinski definition) is 4. The molecule has 2 aromatic heterocycles. The zero-order valence-corrected chi connectivity index (χ0v) is 15.7. The lowest BCUT2D eigenvalue weighted by Crippen LogP contribution is -2.35. The topological polar surface area (TPSA) is 58.9 Å². The van der Waals surface area contributed by atoms with E-state index < -0.39 is 0 Å². The van der Waals surface area contributed by atoms with Crippen LogP contribution in [-0.2, 0) is 0 Å². The van der Waals surface area contributed by atoms with Crippen LogP contribution >= 0.6 is 0 Å². The predicted molar refractivity (Wildman–Crippen MR) is 105 cm³/mol. The summed E-state index contributed by atoms with van der Waals surface area (Å²) in [6.07, 6.45) is 4.12. The number of carbonyl (C=O) groups excluding carboxylic acids is 1. The number of hydrogen-bond donors (Lipinski definition) is 1. The Kier molecular flexibility index (Phi) is 4.81. The zero-order chi connectivity index (χ0) is 18.8. The van der Waals surface area contributed by atoms with Gasteiger partial charge in [0.05, 0.1) is 0 Å². The summed E-state index contributed by atoms with van der Waals surface area (Å²) in [4.78, 5) is 19.2. The van der Waals surface area contributed by atoms with Gasteiger partial charge >= 0.3 is 0 Å². The summed E-state index contributed by atoms with van der Waals surface area (Å²) in [5.74, 6) is 0.619. The number of ether oxygens (including phenoxy) is 1. The first-order valence-electron chi connectivity index (χ1n) is 9.30. The third-order valence-corrected chi connectivity index (χ3v) is 5.01. The fourth-order valence-corrected chi connectivity index (χ4v) is 3.36. The van der Waals surface area contributed by atoms with Crippen LogP contribution in [-0.4, -0.2) is 46.4 Å². The molecule has 0 atom stereocenters. The molecule has 1 amide bonds. The van der Waals surface area contributed by atoms with E-state index in [9.17, 15) is 4.79 Å². The molecule has 0 unspecified atom stereocenters. The van der Waals surface area contributed by atoms with E-state index in [1.807, 2.05) is 53.8 Å². The summed E-state index contributed by atoms with van der Waals surface area (Å²) in [5, 5.41) is 2.90. The second kappa shape index (κ2) is 7.40. The number of rotatable bonds is 4. The van der Waals surface area contributed by atoms with E-state index in [0.29, 0.717) is 5.69 Å². The Hall–Kier alpha value is -2.86. The van der Waals surface area contributed by atoms with E-state index in [2.05, 4.69) is 22.2 Å². The molecule has 3 aromatic rings. The highest BCUT2D eigenvalue weighted by Gasteiger charge is 2.18. The number of imidazole rings is 1. The number of aryl methyl sites for hydroxylation is 1. The molecule has 1 saturated heterocycles. The van der Waals surface area contributed by atoms with E-state index in [1.165, 1.54) is 0 Å². The average molecular weight is 364 g/mol. The van der Waals surface area contributed by atoms with E-state index in [4.69, 9.17) is 4.74 Å². The summed E-state index contributed by atoms with van der Waals surface area (Å²) < 4.78 is 7.96. The largest absolute Gasteiger partial charge is 0.490 e. The molecule has 0 aliphatic carbocycles. The van der Waals surface area contributed by atoms with Crippen LogP contribution in [0, 0.1) is 6.92 Å². The van der Waals surface area contributed by atoms with Crippen molar-refractivity contribution in [2.75, 3.05) is 25.5 Å². The molecule has 6 nitrogen and oxygen atoms in total. The molecule has 3 heterocycles. The molecular weight excluding hydrogens is 340 g/mol. The maximum Gasteiger partial charge on any atom is 0.275 e. The van der Waals surface area contributed by atoms with Crippen molar-refractivity contribution >= 4 is 17.2 Å². The number of carbonyl (C=O) groups is 1. The number of fused-ring (bicyclic) bond motifs is 1. The minimum absolute atomic E-state index is 0.220. The molecule has 1 aliphatic rings. The zero-order valence-electron chi connectivity index (χ0n) is 15.7. The lowest BCUT2D eigenvalue weighted by Gasteiger charge is -2.29. The van der Waals surface area contributed by atoms with Gasteiger partial charge in [0.15, 0.2) is 0 Å². The van der Waals surface area contributed by atoms with E-state index in [-0.39, 0.29) is 12.0 Å². The second-order valence-corrected chi connectivity index (χ2v) is 7.12. The number of benzene rings is 1. The van der Waals surface area contributed by atoms with Crippen LogP contribution in [0.3, 0.4) is 0 Å². The van der Waals surface area contributed by atoms with Crippen LogP contribution in [0.1, 0.15) is 29.0 Å². The fourth-order valence-electron chi connectivity index (χ4n) is 3.36. The quantitative estimate of drug-likeness (QED) is 0.771. The van der Waals surface area contributed by atoms with Gasteiger partial charge in [0.1, 0.15) is 23.2 Å². The maximum absolute atomic E-state index is 12.5. The van der Waals surface area contributed by atoms with Gasteiger partial charge < -0.3 is 19.4 Å². The summed E-state index contributed by atoms with van der Waals surface area (Å²) in [5.41, 5.74) is 2.93.